The zero-order chi connectivity index (χ0) is 41.6. The molecule has 6 rings (SSSR count). The van der Waals surface area contributed by atoms with E-state index in [1.165, 1.54) is 14.2 Å². The van der Waals surface area contributed by atoms with Crippen LogP contribution in [0, 0.1) is 11.8 Å². The van der Waals surface area contributed by atoms with E-state index in [2.05, 4.69) is 42.7 Å². The molecule has 16 heteroatoms. The maximum atomic E-state index is 13.9. The number of alkyl carbamates (subject to hydrolysis) is 2. The third-order valence-corrected chi connectivity index (χ3v) is 10.6. The van der Waals surface area contributed by atoms with Crippen LogP contribution in [-0.4, -0.2) is 112 Å². The molecule has 2 fully saturated rings. The number of imidazole rings is 2. The van der Waals surface area contributed by atoms with E-state index in [0.29, 0.717) is 31.4 Å². The van der Waals surface area contributed by atoms with Crippen LogP contribution in [0.1, 0.15) is 65.2 Å². The molecule has 16 nitrogen and oxygen atoms in total. The number of nitrogens with one attached hydrogen (secondary N) is 4. The summed E-state index contributed by atoms with van der Waals surface area (Å²) in [6, 6.07) is 14.6. The predicted molar refractivity (Wildman–Crippen MR) is 215 cm³/mol. The van der Waals surface area contributed by atoms with Gasteiger partial charge in [0, 0.05) is 6.54 Å². The number of amides is 4. The van der Waals surface area contributed by atoms with Crippen molar-refractivity contribution in [3.63, 3.8) is 0 Å². The molecule has 0 saturated carbocycles. The molecule has 310 valence electrons. The van der Waals surface area contributed by atoms with Crippen molar-refractivity contribution in [1.82, 2.24) is 40.4 Å². The second-order valence-electron chi connectivity index (χ2n) is 15.5. The summed E-state index contributed by atoms with van der Waals surface area (Å²) < 4.78 is 21.2. The van der Waals surface area contributed by atoms with Gasteiger partial charge in [0.1, 0.15) is 23.7 Å². The highest BCUT2D eigenvalue weighted by molar-refractivity contribution is 5.87. The molecule has 4 N–H and O–H groups in total. The van der Waals surface area contributed by atoms with Gasteiger partial charge in [-0.15, -0.1) is 0 Å². The molecule has 4 heterocycles. The lowest BCUT2D eigenvalue weighted by Gasteiger charge is -2.34. The molecule has 2 saturated heterocycles. The summed E-state index contributed by atoms with van der Waals surface area (Å²) in [5.74, 6) is -0.487. The average Bonchev–Trinajstić information content (AvgIpc) is 4.06. The SMILES string of the molecule is COC(=O)NC(C(=O)N(Cc1ncc(-c2ccc(-c3ccc(-c4cnc(C5CCCN5C(=O)C(NC(=O)OC)C(C)C)[nH]4)cc3)cc2)[nH]1)CC1(C)OCCO1)C(C)C. The van der Waals surface area contributed by atoms with Crippen molar-refractivity contribution in [3.8, 4) is 33.6 Å². The lowest BCUT2D eigenvalue weighted by Crippen LogP contribution is -2.54. The van der Waals surface area contributed by atoms with Crippen LogP contribution in [0.2, 0.25) is 0 Å². The highest BCUT2D eigenvalue weighted by Crippen LogP contribution is 2.33. The summed E-state index contributed by atoms with van der Waals surface area (Å²) in [7, 11) is 2.55. The Morgan fingerprint density at radius 3 is 1.88 bits per heavy atom. The molecule has 3 unspecified atom stereocenters. The van der Waals surface area contributed by atoms with E-state index in [1.54, 1.807) is 29.1 Å². The van der Waals surface area contributed by atoms with E-state index < -0.39 is 30.1 Å². The van der Waals surface area contributed by atoms with Gasteiger partial charge in [0.15, 0.2) is 5.79 Å². The van der Waals surface area contributed by atoms with Gasteiger partial charge in [-0.2, -0.15) is 0 Å². The molecule has 0 bridgehead atoms. The van der Waals surface area contributed by atoms with Gasteiger partial charge < -0.3 is 49.3 Å². The number of hydrogen-bond acceptors (Lipinski definition) is 10. The molecule has 4 amide bonds. The minimum atomic E-state index is -0.990. The molecule has 2 aliphatic rings. The number of benzene rings is 2. The average molecular weight is 799 g/mol. The Kier molecular flexibility index (Phi) is 13.2. The van der Waals surface area contributed by atoms with E-state index in [1.807, 2.05) is 64.1 Å². The van der Waals surface area contributed by atoms with Crippen LogP contribution in [0.4, 0.5) is 9.59 Å². The number of ether oxygens (including phenoxy) is 4. The van der Waals surface area contributed by atoms with E-state index in [9.17, 15) is 19.2 Å². The summed E-state index contributed by atoms with van der Waals surface area (Å²) in [6.07, 6.45) is 3.82. The Labute approximate surface area is 338 Å². The summed E-state index contributed by atoms with van der Waals surface area (Å²) in [6.45, 7) is 11.0. The van der Waals surface area contributed by atoms with Crippen molar-refractivity contribution in [1.29, 1.82) is 0 Å². The number of hydrogen-bond donors (Lipinski definition) is 4. The van der Waals surface area contributed by atoms with Crippen molar-refractivity contribution in [2.75, 3.05) is 40.5 Å². The molecular weight excluding hydrogens is 745 g/mol. The van der Waals surface area contributed by atoms with Crippen LogP contribution in [0.5, 0.6) is 0 Å². The summed E-state index contributed by atoms with van der Waals surface area (Å²) in [4.78, 5) is 70.9. The number of carbonyl (C=O) groups excluding carboxylic acids is 4. The lowest BCUT2D eigenvalue weighted by molar-refractivity contribution is -0.169. The lowest BCUT2D eigenvalue weighted by atomic mass is 10.0. The normalized spacial score (nSPS) is 17.3. The minimum Gasteiger partial charge on any atom is -0.453 e. The third kappa shape index (κ3) is 9.68. The van der Waals surface area contributed by atoms with Crippen molar-refractivity contribution < 1.29 is 38.1 Å². The molecule has 2 aromatic heterocycles. The first-order chi connectivity index (χ1) is 27.8. The fourth-order valence-electron chi connectivity index (χ4n) is 7.40. The second kappa shape index (κ2) is 18.2. The Morgan fingerprint density at radius 2 is 1.33 bits per heavy atom. The summed E-state index contributed by atoms with van der Waals surface area (Å²) in [5, 5.41) is 5.35. The maximum Gasteiger partial charge on any atom is 0.407 e. The Morgan fingerprint density at radius 1 is 0.810 bits per heavy atom. The minimum absolute atomic E-state index is 0.113. The molecule has 2 aromatic carbocycles. The van der Waals surface area contributed by atoms with Crippen LogP contribution >= 0.6 is 0 Å². The zero-order valence-electron chi connectivity index (χ0n) is 34.2. The van der Waals surface area contributed by atoms with Crippen molar-refractivity contribution in [2.24, 2.45) is 11.8 Å². The Balaban J connectivity index is 1.12. The van der Waals surface area contributed by atoms with Gasteiger partial charge >= 0.3 is 12.2 Å². The number of nitrogens with zero attached hydrogens (tertiary/aromatic N) is 4. The topological polar surface area (TPSA) is 193 Å². The number of aromatic amines is 2. The molecule has 0 aliphatic carbocycles. The molecule has 2 aliphatic heterocycles. The second-order valence-corrected chi connectivity index (χ2v) is 15.5. The number of methoxy groups -OCH3 is 2. The fraction of sp³-hybridized carbons (Fsp3) is 0.476. The van der Waals surface area contributed by atoms with Gasteiger partial charge in [0.25, 0.3) is 0 Å². The van der Waals surface area contributed by atoms with E-state index in [-0.39, 0.29) is 42.8 Å². The van der Waals surface area contributed by atoms with Gasteiger partial charge in [-0.25, -0.2) is 19.6 Å². The smallest absolute Gasteiger partial charge is 0.407 e. The molecule has 3 atom stereocenters. The van der Waals surface area contributed by atoms with Crippen LogP contribution in [0.3, 0.4) is 0 Å². The van der Waals surface area contributed by atoms with Gasteiger partial charge in [0.2, 0.25) is 11.8 Å². The number of likely N-dealkylation sites (tertiary alicyclic amines) is 1. The first-order valence-corrected chi connectivity index (χ1v) is 19.6. The van der Waals surface area contributed by atoms with E-state index >= 15 is 0 Å². The highest BCUT2D eigenvalue weighted by Gasteiger charge is 2.39. The number of H-pyrrole nitrogens is 2. The number of carbonyl (C=O) groups is 4. The van der Waals surface area contributed by atoms with Gasteiger partial charge in [-0.05, 0) is 53.9 Å². The summed E-state index contributed by atoms with van der Waals surface area (Å²) in [5.41, 5.74) is 5.57. The quantitative estimate of drug-likeness (QED) is 0.124. The number of rotatable bonds is 14. The highest BCUT2D eigenvalue weighted by atomic mass is 16.7. The van der Waals surface area contributed by atoms with Crippen LogP contribution in [0.25, 0.3) is 33.6 Å². The first-order valence-electron chi connectivity index (χ1n) is 19.6. The van der Waals surface area contributed by atoms with Gasteiger partial charge in [-0.3, -0.25) is 9.59 Å². The standard InChI is InChI=1S/C42H54N8O8/c1-25(2)35(47-40(53)55-6)38(51)49(24-42(5)57-19-20-58-42)23-34-43-21-31(45-34)29-14-10-27(11-15-29)28-12-16-30(17-13-28)32-22-44-37(46-32)33-9-8-18-50(33)39(52)36(26(3)4)48-41(54)56-7/h10-17,21-22,25-26,33,35-36H,8-9,18-20,23-24H2,1-7H3,(H,43,45)(H,44,46)(H,47,53)(H,48,54). The zero-order valence-corrected chi connectivity index (χ0v) is 34.2. The molecule has 4 aromatic rings. The first kappa shape index (κ1) is 41.9. The summed E-state index contributed by atoms with van der Waals surface area (Å²) >= 11 is 0. The predicted octanol–water partition coefficient (Wildman–Crippen LogP) is 5.65. The van der Waals surface area contributed by atoms with Crippen molar-refractivity contribution in [3.05, 3.63) is 72.6 Å². The fourth-order valence-corrected chi connectivity index (χ4v) is 7.40. The number of aromatic nitrogens is 4. The Hall–Kier alpha value is -5.74. The van der Waals surface area contributed by atoms with E-state index in [4.69, 9.17) is 18.9 Å². The monoisotopic (exact) mass is 798 g/mol. The maximum absolute atomic E-state index is 13.9. The molecular formula is C42H54N8O8. The van der Waals surface area contributed by atoms with Gasteiger partial charge in [0.05, 0.1) is 70.3 Å². The van der Waals surface area contributed by atoms with Crippen LogP contribution in [0.15, 0.2) is 60.9 Å². The van der Waals surface area contributed by atoms with Crippen molar-refractivity contribution in [2.45, 2.75) is 77.9 Å². The van der Waals surface area contributed by atoms with Crippen LogP contribution < -0.4 is 10.6 Å². The largest absolute Gasteiger partial charge is 0.453 e. The third-order valence-electron chi connectivity index (χ3n) is 10.6. The molecule has 0 spiro atoms. The van der Waals surface area contributed by atoms with Crippen LogP contribution in [-0.2, 0) is 35.1 Å². The molecule has 0 radical (unpaired) electrons. The molecule has 58 heavy (non-hydrogen) atoms. The van der Waals surface area contributed by atoms with E-state index in [0.717, 1.165) is 46.5 Å². The van der Waals surface area contributed by atoms with Crippen molar-refractivity contribution >= 4 is 24.0 Å². The van der Waals surface area contributed by atoms with Gasteiger partial charge in [-0.1, -0.05) is 76.2 Å². The Bertz CT molecular complexity index is 2040.